The molecule has 0 aromatic rings. The predicted molar refractivity (Wildman–Crippen MR) is 82.1 cm³/mol. The SMILES string of the molecule is CC(C)(C)[C@H](N)C(=O)NC1CCN(S(=O)(=O)C2CC2)CC1. The fraction of sp³-hybridized carbons (Fsp3) is 0.929. The van der Waals surface area contributed by atoms with Gasteiger partial charge in [0.15, 0.2) is 0 Å². The molecule has 21 heavy (non-hydrogen) atoms. The molecule has 1 saturated heterocycles. The Bertz CT molecular complexity index is 486. The van der Waals surface area contributed by atoms with Gasteiger partial charge in [-0.2, -0.15) is 0 Å². The number of piperidine rings is 1. The molecule has 1 heterocycles. The molecular weight excluding hydrogens is 290 g/mol. The van der Waals surface area contributed by atoms with Gasteiger partial charge in [-0.05, 0) is 31.1 Å². The molecule has 3 N–H and O–H groups in total. The Hall–Kier alpha value is -0.660. The zero-order valence-electron chi connectivity index (χ0n) is 13.1. The summed E-state index contributed by atoms with van der Waals surface area (Å²) in [5.74, 6) is -0.147. The average molecular weight is 317 g/mol. The molecule has 0 bridgehead atoms. The van der Waals surface area contributed by atoms with Gasteiger partial charge in [0, 0.05) is 19.1 Å². The van der Waals surface area contributed by atoms with E-state index < -0.39 is 16.1 Å². The number of nitrogens with zero attached hydrogens (tertiary/aromatic N) is 1. The standard InChI is InChI=1S/C14H27N3O3S/c1-14(2,3)12(15)13(18)16-10-6-8-17(9-7-10)21(19,20)11-4-5-11/h10-12H,4-9,15H2,1-3H3,(H,16,18)/t12-/m1/s1. The molecule has 0 aromatic carbocycles. The predicted octanol–water partition coefficient (Wildman–Crippen LogP) is 0.433. The lowest BCUT2D eigenvalue weighted by Crippen LogP contribution is -2.54. The number of carbonyl (C=O) groups excluding carboxylic acids is 1. The van der Waals surface area contributed by atoms with Gasteiger partial charge in [0.05, 0.1) is 11.3 Å². The Morgan fingerprint density at radius 3 is 2.14 bits per heavy atom. The van der Waals surface area contributed by atoms with Crippen LogP contribution in [0.2, 0.25) is 0 Å². The third-order valence-electron chi connectivity index (χ3n) is 4.32. The number of hydrogen-bond acceptors (Lipinski definition) is 4. The second-order valence-corrected chi connectivity index (χ2v) is 9.48. The Morgan fingerprint density at radius 1 is 1.19 bits per heavy atom. The monoisotopic (exact) mass is 317 g/mol. The van der Waals surface area contributed by atoms with Crippen LogP contribution < -0.4 is 11.1 Å². The van der Waals surface area contributed by atoms with Crippen LogP contribution in [0.4, 0.5) is 0 Å². The second kappa shape index (κ2) is 5.85. The molecule has 0 radical (unpaired) electrons. The number of rotatable bonds is 4. The van der Waals surface area contributed by atoms with Crippen molar-refractivity contribution in [2.75, 3.05) is 13.1 Å². The van der Waals surface area contributed by atoms with Crippen LogP contribution in [-0.4, -0.2) is 49.1 Å². The Morgan fingerprint density at radius 2 is 1.71 bits per heavy atom. The lowest BCUT2D eigenvalue weighted by molar-refractivity contribution is -0.125. The topological polar surface area (TPSA) is 92.5 Å². The van der Waals surface area contributed by atoms with Gasteiger partial charge >= 0.3 is 0 Å². The smallest absolute Gasteiger partial charge is 0.237 e. The first-order valence-corrected chi connectivity index (χ1v) is 9.17. The maximum absolute atomic E-state index is 12.1. The van der Waals surface area contributed by atoms with Crippen molar-refractivity contribution in [3.8, 4) is 0 Å². The summed E-state index contributed by atoms with van der Waals surface area (Å²) in [5.41, 5.74) is 5.66. The molecule has 1 aliphatic carbocycles. The van der Waals surface area contributed by atoms with E-state index in [2.05, 4.69) is 5.32 Å². The van der Waals surface area contributed by atoms with Gasteiger partial charge in [0.25, 0.3) is 0 Å². The van der Waals surface area contributed by atoms with Crippen molar-refractivity contribution < 1.29 is 13.2 Å². The van der Waals surface area contributed by atoms with Crippen molar-refractivity contribution in [2.45, 2.75) is 63.8 Å². The first kappa shape index (κ1) is 16.7. The largest absolute Gasteiger partial charge is 0.352 e. The molecule has 2 fully saturated rings. The minimum Gasteiger partial charge on any atom is -0.352 e. The van der Waals surface area contributed by atoms with Crippen LogP contribution in [0, 0.1) is 5.41 Å². The number of nitrogens with one attached hydrogen (secondary N) is 1. The summed E-state index contributed by atoms with van der Waals surface area (Å²) in [5, 5.41) is 2.80. The fourth-order valence-corrected chi connectivity index (χ4v) is 4.39. The molecule has 2 aliphatic rings. The molecule has 6 nitrogen and oxygen atoms in total. The van der Waals surface area contributed by atoms with Crippen LogP contribution >= 0.6 is 0 Å². The average Bonchev–Trinajstić information content (AvgIpc) is 3.22. The maximum Gasteiger partial charge on any atom is 0.237 e. The lowest BCUT2D eigenvalue weighted by atomic mass is 9.86. The molecule has 1 amide bonds. The second-order valence-electron chi connectivity index (χ2n) is 7.27. The van der Waals surface area contributed by atoms with Gasteiger partial charge in [-0.15, -0.1) is 0 Å². The quantitative estimate of drug-likeness (QED) is 0.786. The zero-order valence-corrected chi connectivity index (χ0v) is 13.9. The van der Waals surface area contributed by atoms with Crippen molar-refractivity contribution >= 4 is 15.9 Å². The summed E-state index contributed by atoms with van der Waals surface area (Å²) >= 11 is 0. The molecule has 1 atom stereocenters. The number of amides is 1. The highest BCUT2D eigenvalue weighted by Gasteiger charge is 2.41. The summed E-state index contributed by atoms with van der Waals surface area (Å²) in [4.78, 5) is 12.1. The summed E-state index contributed by atoms with van der Waals surface area (Å²) in [6.45, 7) is 6.79. The van der Waals surface area contributed by atoms with E-state index in [1.165, 1.54) is 0 Å². The highest BCUT2D eigenvalue weighted by atomic mass is 32.2. The molecule has 0 aromatic heterocycles. The van der Waals surface area contributed by atoms with Crippen LogP contribution in [0.25, 0.3) is 0 Å². The van der Waals surface area contributed by atoms with E-state index in [1.807, 2.05) is 20.8 Å². The van der Waals surface area contributed by atoms with E-state index in [0.717, 1.165) is 12.8 Å². The van der Waals surface area contributed by atoms with E-state index in [0.29, 0.717) is 25.9 Å². The van der Waals surface area contributed by atoms with Gasteiger partial charge in [-0.3, -0.25) is 4.79 Å². The minimum absolute atomic E-state index is 0.0246. The lowest BCUT2D eigenvalue weighted by Gasteiger charge is -2.33. The van der Waals surface area contributed by atoms with E-state index in [-0.39, 0.29) is 22.6 Å². The van der Waals surface area contributed by atoms with Crippen LogP contribution in [-0.2, 0) is 14.8 Å². The first-order valence-electron chi connectivity index (χ1n) is 7.67. The van der Waals surface area contributed by atoms with E-state index in [4.69, 9.17) is 5.73 Å². The molecule has 0 unspecified atom stereocenters. The fourth-order valence-electron chi connectivity index (χ4n) is 2.52. The zero-order chi connectivity index (χ0) is 15.8. The van der Waals surface area contributed by atoms with E-state index in [9.17, 15) is 13.2 Å². The van der Waals surface area contributed by atoms with Crippen LogP contribution in [0.15, 0.2) is 0 Å². The first-order chi connectivity index (χ1) is 9.62. The molecular formula is C14H27N3O3S. The maximum atomic E-state index is 12.1. The van der Waals surface area contributed by atoms with E-state index >= 15 is 0 Å². The molecule has 1 saturated carbocycles. The molecule has 122 valence electrons. The van der Waals surface area contributed by atoms with Gasteiger partial charge in [-0.25, -0.2) is 12.7 Å². The highest BCUT2D eigenvalue weighted by Crippen LogP contribution is 2.32. The molecule has 1 aliphatic heterocycles. The Labute approximate surface area is 127 Å². The third-order valence-corrected chi connectivity index (χ3v) is 6.72. The Balaban J connectivity index is 1.83. The number of carbonyl (C=O) groups is 1. The molecule has 7 heteroatoms. The number of sulfonamides is 1. The van der Waals surface area contributed by atoms with Crippen molar-refractivity contribution in [1.82, 2.24) is 9.62 Å². The van der Waals surface area contributed by atoms with Crippen molar-refractivity contribution in [3.05, 3.63) is 0 Å². The van der Waals surface area contributed by atoms with Gasteiger partial charge in [-0.1, -0.05) is 20.8 Å². The Kier molecular flexibility index (Phi) is 4.66. The normalized spacial score (nSPS) is 23.8. The number of nitrogens with two attached hydrogens (primary N) is 1. The summed E-state index contributed by atoms with van der Waals surface area (Å²) in [6.07, 6.45) is 2.90. The molecule has 0 spiro atoms. The van der Waals surface area contributed by atoms with Crippen molar-refractivity contribution in [2.24, 2.45) is 11.1 Å². The van der Waals surface area contributed by atoms with Gasteiger partial charge in [0.1, 0.15) is 0 Å². The van der Waals surface area contributed by atoms with Gasteiger partial charge in [0.2, 0.25) is 15.9 Å². The summed E-state index contributed by atoms with van der Waals surface area (Å²) in [7, 11) is -3.08. The van der Waals surface area contributed by atoms with Crippen LogP contribution in [0.1, 0.15) is 46.5 Å². The number of hydrogen-bond donors (Lipinski definition) is 2. The highest BCUT2D eigenvalue weighted by molar-refractivity contribution is 7.90. The summed E-state index contributed by atoms with van der Waals surface area (Å²) < 4.78 is 25.9. The summed E-state index contributed by atoms with van der Waals surface area (Å²) in [6, 6.07) is -0.526. The van der Waals surface area contributed by atoms with Crippen LogP contribution in [0.5, 0.6) is 0 Å². The van der Waals surface area contributed by atoms with E-state index in [1.54, 1.807) is 4.31 Å². The van der Waals surface area contributed by atoms with Gasteiger partial charge < -0.3 is 11.1 Å². The van der Waals surface area contributed by atoms with Crippen molar-refractivity contribution in [1.29, 1.82) is 0 Å². The molecule has 2 rings (SSSR count). The van der Waals surface area contributed by atoms with Crippen LogP contribution in [0.3, 0.4) is 0 Å². The third kappa shape index (κ3) is 3.96. The van der Waals surface area contributed by atoms with Crippen molar-refractivity contribution in [3.63, 3.8) is 0 Å². The minimum atomic E-state index is -3.08.